The van der Waals surface area contributed by atoms with E-state index in [1.54, 1.807) is 38.1 Å². The number of carbonyl (C=O) groups is 2. The molecule has 2 aromatic rings. The highest BCUT2D eigenvalue weighted by Crippen LogP contribution is 2.31. The van der Waals surface area contributed by atoms with E-state index >= 15 is 0 Å². The van der Waals surface area contributed by atoms with Gasteiger partial charge in [-0.25, -0.2) is 10.2 Å². The third-order valence-electron chi connectivity index (χ3n) is 2.86. The van der Waals surface area contributed by atoms with Crippen LogP contribution >= 0.6 is 0 Å². The van der Waals surface area contributed by atoms with Crippen molar-refractivity contribution in [3.63, 3.8) is 0 Å². The number of rotatable bonds is 3. The van der Waals surface area contributed by atoms with E-state index in [0.29, 0.717) is 16.5 Å². The number of fused-ring (bicyclic) bond motifs is 1. The van der Waals surface area contributed by atoms with Gasteiger partial charge in [0.15, 0.2) is 0 Å². The molecule has 0 atom stereocenters. The lowest BCUT2D eigenvalue weighted by Crippen LogP contribution is -2.20. The normalized spacial score (nSPS) is 10.2. The summed E-state index contributed by atoms with van der Waals surface area (Å²) in [5.74, 6) is -2.53. The third-order valence-corrected chi connectivity index (χ3v) is 2.86. The van der Waals surface area contributed by atoms with Gasteiger partial charge in [0.25, 0.3) is 5.91 Å². The summed E-state index contributed by atoms with van der Waals surface area (Å²) in [5.41, 5.74) is 2.50. The fraction of sp³-hybridized carbons (Fsp3) is 0.133. The van der Waals surface area contributed by atoms with Gasteiger partial charge in [-0.2, -0.15) is 5.10 Å². The van der Waals surface area contributed by atoms with Gasteiger partial charge in [0, 0.05) is 5.71 Å². The van der Waals surface area contributed by atoms with Gasteiger partial charge < -0.3 is 10.2 Å². The Morgan fingerprint density at radius 3 is 2.48 bits per heavy atom. The van der Waals surface area contributed by atoms with Gasteiger partial charge >= 0.3 is 5.97 Å². The van der Waals surface area contributed by atoms with Crippen molar-refractivity contribution in [2.45, 2.75) is 13.8 Å². The van der Waals surface area contributed by atoms with Gasteiger partial charge in [-0.15, -0.1) is 0 Å². The lowest BCUT2D eigenvalue weighted by Gasteiger charge is -2.10. The Labute approximate surface area is 120 Å². The van der Waals surface area contributed by atoms with Crippen molar-refractivity contribution in [2.75, 3.05) is 0 Å². The van der Waals surface area contributed by atoms with E-state index in [0.717, 1.165) is 0 Å². The zero-order valence-electron chi connectivity index (χ0n) is 11.5. The summed E-state index contributed by atoms with van der Waals surface area (Å²) >= 11 is 0. The maximum atomic E-state index is 12.2. The van der Waals surface area contributed by atoms with E-state index in [1.165, 1.54) is 6.07 Å². The van der Waals surface area contributed by atoms with Crippen LogP contribution in [-0.2, 0) is 0 Å². The fourth-order valence-electron chi connectivity index (χ4n) is 1.95. The Bertz CT molecular complexity index is 762. The van der Waals surface area contributed by atoms with Gasteiger partial charge in [-0.3, -0.25) is 4.79 Å². The zero-order valence-corrected chi connectivity index (χ0v) is 11.5. The van der Waals surface area contributed by atoms with Crippen LogP contribution < -0.4 is 5.43 Å². The number of carboxylic acid groups (broad SMARTS) is 1. The quantitative estimate of drug-likeness (QED) is 0.595. The van der Waals surface area contributed by atoms with Crippen molar-refractivity contribution >= 4 is 28.4 Å². The highest BCUT2D eigenvalue weighted by molar-refractivity contribution is 6.13. The lowest BCUT2D eigenvalue weighted by molar-refractivity contribution is 0.0694. The second-order valence-corrected chi connectivity index (χ2v) is 4.67. The molecule has 0 bridgehead atoms. The Hall–Kier alpha value is -2.89. The number of phenols is 1. The number of nitrogens with zero attached hydrogens (tertiary/aromatic N) is 1. The molecule has 0 unspecified atom stereocenters. The molecule has 2 aromatic carbocycles. The number of carbonyl (C=O) groups excluding carboxylic acids is 1. The minimum atomic E-state index is -1.30. The SMILES string of the molecule is CC(C)=NNC(=O)c1c(O)c(C(=O)O)cc2ccccc12. The van der Waals surface area contributed by atoms with Gasteiger partial charge in [0.2, 0.25) is 0 Å². The van der Waals surface area contributed by atoms with Crippen molar-refractivity contribution in [3.8, 4) is 5.75 Å². The van der Waals surface area contributed by atoms with Gasteiger partial charge in [-0.05, 0) is 30.7 Å². The Balaban J connectivity index is 2.70. The summed E-state index contributed by atoms with van der Waals surface area (Å²) in [6.45, 7) is 3.40. The molecule has 1 amide bonds. The first-order chi connectivity index (χ1) is 9.91. The van der Waals surface area contributed by atoms with Crippen LogP contribution in [0.1, 0.15) is 34.6 Å². The topological polar surface area (TPSA) is 99.0 Å². The molecule has 0 heterocycles. The maximum absolute atomic E-state index is 12.2. The predicted octanol–water partition coefficient (Wildman–Crippen LogP) is 2.37. The molecule has 0 aliphatic rings. The minimum Gasteiger partial charge on any atom is -0.506 e. The highest BCUT2D eigenvalue weighted by atomic mass is 16.4. The first-order valence-electron chi connectivity index (χ1n) is 6.21. The highest BCUT2D eigenvalue weighted by Gasteiger charge is 2.21. The Kier molecular flexibility index (Phi) is 3.89. The van der Waals surface area contributed by atoms with E-state index in [2.05, 4.69) is 10.5 Å². The molecule has 0 saturated carbocycles. The minimum absolute atomic E-state index is 0.101. The summed E-state index contributed by atoms with van der Waals surface area (Å²) in [7, 11) is 0. The smallest absolute Gasteiger partial charge is 0.339 e. The van der Waals surface area contributed by atoms with Crippen LogP contribution in [0.5, 0.6) is 5.75 Å². The number of hydrogen-bond acceptors (Lipinski definition) is 4. The van der Waals surface area contributed by atoms with E-state index in [9.17, 15) is 14.7 Å². The fourth-order valence-corrected chi connectivity index (χ4v) is 1.95. The molecule has 6 heteroatoms. The average Bonchev–Trinajstić information content (AvgIpc) is 2.43. The summed E-state index contributed by atoms with van der Waals surface area (Å²) in [4.78, 5) is 23.4. The molecular formula is C15H14N2O4. The van der Waals surface area contributed by atoms with Crippen LogP contribution in [0.2, 0.25) is 0 Å². The van der Waals surface area contributed by atoms with Crippen LogP contribution in [0.3, 0.4) is 0 Å². The maximum Gasteiger partial charge on any atom is 0.339 e. The molecule has 21 heavy (non-hydrogen) atoms. The number of aromatic carboxylic acids is 1. The van der Waals surface area contributed by atoms with Gasteiger partial charge in [0.1, 0.15) is 11.3 Å². The first kappa shape index (κ1) is 14.5. The lowest BCUT2D eigenvalue weighted by atomic mass is 9.99. The summed E-state index contributed by atoms with van der Waals surface area (Å²) in [6.07, 6.45) is 0. The molecule has 3 N–H and O–H groups in total. The second-order valence-electron chi connectivity index (χ2n) is 4.67. The molecule has 6 nitrogen and oxygen atoms in total. The number of benzene rings is 2. The van der Waals surface area contributed by atoms with Crippen LogP contribution in [0, 0.1) is 0 Å². The number of amides is 1. The third kappa shape index (κ3) is 2.84. The number of carboxylic acids is 1. The molecule has 0 saturated heterocycles. The number of hydrogen-bond donors (Lipinski definition) is 3. The standard InChI is InChI=1S/C15H14N2O4/c1-8(2)16-17-14(19)12-10-6-4-3-5-9(10)7-11(13(12)18)15(20)21/h3-7,18H,1-2H3,(H,17,19)(H,20,21). The van der Waals surface area contributed by atoms with Crippen LogP contribution in [0.25, 0.3) is 10.8 Å². The van der Waals surface area contributed by atoms with Crippen molar-refractivity contribution in [3.05, 3.63) is 41.5 Å². The summed E-state index contributed by atoms with van der Waals surface area (Å²) < 4.78 is 0. The van der Waals surface area contributed by atoms with Gasteiger partial charge in [-0.1, -0.05) is 24.3 Å². The zero-order chi connectivity index (χ0) is 15.6. The van der Waals surface area contributed by atoms with E-state index in [-0.39, 0.29) is 11.1 Å². The number of aromatic hydroxyl groups is 1. The summed E-state index contributed by atoms with van der Waals surface area (Å²) in [5, 5.41) is 24.0. The van der Waals surface area contributed by atoms with Crippen molar-refractivity contribution in [2.24, 2.45) is 5.10 Å². The van der Waals surface area contributed by atoms with E-state index in [4.69, 9.17) is 5.11 Å². The first-order valence-corrected chi connectivity index (χ1v) is 6.21. The van der Waals surface area contributed by atoms with Crippen molar-refractivity contribution < 1.29 is 19.8 Å². The number of hydrazone groups is 1. The molecule has 2 rings (SSSR count). The largest absolute Gasteiger partial charge is 0.506 e. The van der Waals surface area contributed by atoms with E-state index in [1.807, 2.05) is 0 Å². The van der Waals surface area contributed by atoms with Crippen molar-refractivity contribution in [1.82, 2.24) is 5.43 Å². The average molecular weight is 286 g/mol. The molecule has 108 valence electrons. The summed E-state index contributed by atoms with van der Waals surface area (Å²) in [6, 6.07) is 8.07. The molecule has 0 aliphatic carbocycles. The monoisotopic (exact) mass is 286 g/mol. The Morgan fingerprint density at radius 2 is 1.86 bits per heavy atom. The molecule has 0 fully saturated rings. The molecular weight excluding hydrogens is 272 g/mol. The van der Waals surface area contributed by atoms with Crippen LogP contribution in [0.15, 0.2) is 35.4 Å². The molecule has 0 spiro atoms. The Morgan fingerprint density at radius 1 is 1.19 bits per heavy atom. The van der Waals surface area contributed by atoms with Crippen LogP contribution in [0.4, 0.5) is 0 Å². The van der Waals surface area contributed by atoms with Crippen molar-refractivity contribution in [1.29, 1.82) is 0 Å². The molecule has 0 aromatic heterocycles. The predicted molar refractivity (Wildman–Crippen MR) is 78.8 cm³/mol. The van der Waals surface area contributed by atoms with Gasteiger partial charge in [0.05, 0.1) is 5.56 Å². The van der Waals surface area contributed by atoms with Crippen LogP contribution in [-0.4, -0.2) is 27.8 Å². The van der Waals surface area contributed by atoms with E-state index < -0.39 is 17.6 Å². The number of nitrogens with one attached hydrogen (secondary N) is 1. The second kappa shape index (κ2) is 5.62. The molecule has 0 radical (unpaired) electrons. The molecule has 0 aliphatic heterocycles.